The second kappa shape index (κ2) is 9.96. The van der Waals surface area contributed by atoms with Gasteiger partial charge in [-0.15, -0.1) is 0 Å². The number of amides is 2. The Morgan fingerprint density at radius 2 is 1.94 bits per heavy atom. The zero-order chi connectivity index (χ0) is 21.6. The van der Waals surface area contributed by atoms with Crippen LogP contribution in [-0.4, -0.2) is 50.1 Å². The van der Waals surface area contributed by atoms with E-state index in [-0.39, 0.29) is 24.2 Å². The Labute approximate surface area is 183 Å². The molecule has 0 aliphatic carbocycles. The van der Waals surface area contributed by atoms with Crippen molar-refractivity contribution in [1.82, 2.24) is 4.90 Å². The molecule has 2 aromatic carbocycles. The highest BCUT2D eigenvalue weighted by Crippen LogP contribution is 2.30. The molecule has 2 aromatic rings. The van der Waals surface area contributed by atoms with Crippen LogP contribution < -0.4 is 9.64 Å². The first-order chi connectivity index (χ1) is 15.1. The van der Waals surface area contributed by atoms with Crippen LogP contribution in [0.15, 0.2) is 54.6 Å². The lowest BCUT2D eigenvalue weighted by molar-refractivity contribution is -0.138. The van der Waals surface area contributed by atoms with Gasteiger partial charge in [-0.1, -0.05) is 36.4 Å². The molecule has 2 aliphatic heterocycles. The van der Waals surface area contributed by atoms with Crippen LogP contribution in [0.5, 0.6) is 5.75 Å². The van der Waals surface area contributed by atoms with Gasteiger partial charge in [-0.3, -0.25) is 9.59 Å². The number of anilines is 1. The predicted molar refractivity (Wildman–Crippen MR) is 119 cm³/mol. The van der Waals surface area contributed by atoms with Crippen molar-refractivity contribution in [1.29, 1.82) is 0 Å². The van der Waals surface area contributed by atoms with Crippen molar-refractivity contribution in [2.24, 2.45) is 11.8 Å². The number of benzene rings is 2. The van der Waals surface area contributed by atoms with Crippen molar-refractivity contribution in [3.63, 3.8) is 0 Å². The molecule has 0 radical (unpaired) electrons. The number of carbonyl (C=O) groups is 2. The lowest BCUT2D eigenvalue weighted by Crippen LogP contribution is -2.44. The summed E-state index contributed by atoms with van der Waals surface area (Å²) < 4.78 is 11.2. The third kappa shape index (κ3) is 5.25. The summed E-state index contributed by atoms with van der Waals surface area (Å²) in [7, 11) is 1.60. The van der Waals surface area contributed by atoms with E-state index in [4.69, 9.17) is 9.47 Å². The van der Waals surface area contributed by atoms with E-state index >= 15 is 0 Å². The Hall–Kier alpha value is -2.86. The van der Waals surface area contributed by atoms with E-state index in [1.54, 1.807) is 12.0 Å². The third-order valence-corrected chi connectivity index (χ3v) is 6.14. The highest BCUT2D eigenvalue weighted by atomic mass is 16.5. The molecule has 6 nitrogen and oxygen atoms in total. The maximum Gasteiger partial charge on any atom is 0.228 e. The van der Waals surface area contributed by atoms with Crippen molar-refractivity contribution in [2.75, 3.05) is 38.3 Å². The van der Waals surface area contributed by atoms with Gasteiger partial charge in [0.15, 0.2) is 0 Å². The quantitative estimate of drug-likeness (QED) is 0.685. The first-order valence-electron chi connectivity index (χ1n) is 11.0. The van der Waals surface area contributed by atoms with Gasteiger partial charge >= 0.3 is 0 Å². The number of likely N-dealkylation sites (tertiary alicyclic amines) is 1. The fourth-order valence-electron chi connectivity index (χ4n) is 4.48. The standard InChI is InChI=1S/C25H30N2O4/c1-30-23-11-5-10-22(14-23)27-16-21(13-24(27)28)25(29)26-12-6-9-20(15-26)18-31-17-19-7-3-2-4-8-19/h2-5,7-8,10-11,14,20-21H,6,9,12-13,15-18H2,1H3. The monoisotopic (exact) mass is 422 g/mol. The molecule has 0 bridgehead atoms. The molecular formula is C25H30N2O4. The topological polar surface area (TPSA) is 59.1 Å². The van der Waals surface area contributed by atoms with Crippen molar-refractivity contribution in [2.45, 2.75) is 25.9 Å². The van der Waals surface area contributed by atoms with Crippen LogP contribution in [-0.2, 0) is 20.9 Å². The minimum atomic E-state index is -0.289. The Kier molecular flexibility index (Phi) is 6.87. The van der Waals surface area contributed by atoms with Crippen molar-refractivity contribution >= 4 is 17.5 Å². The van der Waals surface area contributed by atoms with Gasteiger partial charge in [-0.2, -0.15) is 0 Å². The van der Waals surface area contributed by atoms with E-state index in [2.05, 4.69) is 12.1 Å². The van der Waals surface area contributed by atoms with Gasteiger partial charge in [0, 0.05) is 37.8 Å². The third-order valence-electron chi connectivity index (χ3n) is 6.14. The minimum Gasteiger partial charge on any atom is -0.497 e. The number of hydrogen-bond acceptors (Lipinski definition) is 4. The zero-order valence-electron chi connectivity index (χ0n) is 18.0. The molecular weight excluding hydrogens is 392 g/mol. The lowest BCUT2D eigenvalue weighted by atomic mass is 9.97. The molecule has 0 saturated carbocycles. The second-order valence-corrected chi connectivity index (χ2v) is 8.40. The molecule has 2 atom stereocenters. The molecule has 2 unspecified atom stereocenters. The summed E-state index contributed by atoms with van der Waals surface area (Å²) in [5, 5.41) is 0. The Bertz CT molecular complexity index is 901. The van der Waals surface area contributed by atoms with Gasteiger partial charge in [-0.25, -0.2) is 0 Å². The second-order valence-electron chi connectivity index (χ2n) is 8.40. The van der Waals surface area contributed by atoms with Gasteiger partial charge in [0.2, 0.25) is 11.8 Å². The van der Waals surface area contributed by atoms with Gasteiger partial charge in [-0.05, 0) is 36.5 Å². The predicted octanol–water partition coefficient (Wildman–Crippen LogP) is 3.50. The van der Waals surface area contributed by atoms with Crippen molar-refractivity contribution in [3.05, 3.63) is 60.2 Å². The SMILES string of the molecule is COc1cccc(N2CC(C(=O)N3CCCC(COCc4ccccc4)C3)CC2=O)c1. The number of methoxy groups -OCH3 is 1. The van der Waals surface area contributed by atoms with E-state index in [9.17, 15) is 9.59 Å². The zero-order valence-corrected chi connectivity index (χ0v) is 18.0. The molecule has 31 heavy (non-hydrogen) atoms. The number of carbonyl (C=O) groups excluding carboxylic acids is 2. The van der Waals surface area contributed by atoms with Gasteiger partial charge < -0.3 is 19.3 Å². The van der Waals surface area contributed by atoms with Crippen LogP contribution in [0.3, 0.4) is 0 Å². The normalized spacial score (nSPS) is 21.4. The van der Waals surface area contributed by atoms with E-state index in [1.165, 1.54) is 0 Å². The maximum atomic E-state index is 13.2. The molecule has 0 aromatic heterocycles. The number of piperidine rings is 1. The van der Waals surface area contributed by atoms with Gasteiger partial charge in [0.1, 0.15) is 5.75 Å². The highest BCUT2D eigenvalue weighted by Gasteiger charge is 2.38. The van der Waals surface area contributed by atoms with E-state index in [0.29, 0.717) is 38.0 Å². The Morgan fingerprint density at radius 1 is 1.10 bits per heavy atom. The summed E-state index contributed by atoms with van der Waals surface area (Å²) in [6.07, 6.45) is 2.31. The van der Waals surface area contributed by atoms with Gasteiger partial charge in [0.25, 0.3) is 0 Å². The van der Waals surface area contributed by atoms with Gasteiger partial charge in [0.05, 0.1) is 26.2 Å². The number of nitrogens with zero attached hydrogens (tertiary/aromatic N) is 2. The summed E-state index contributed by atoms with van der Waals surface area (Å²) >= 11 is 0. The molecule has 164 valence electrons. The molecule has 2 fully saturated rings. The minimum absolute atomic E-state index is 0.00800. The summed E-state index contributed by atoms with van der Waals surface area (Å²) in [4.78, 5) is 29.4. The fourth-order valence-corrected chi connectivity index (χ4v) is 4.48. The number of ether oxygens (including phenoxy) is 2. The van der Waals surface area contributed by atoms with Crippen LogP contribution in [0.1, 0.15) is 24.8 Å². The summed E-state index contributed by atoms with van der Waals surface area (Å²) in [5.41, 5.74) is 1.94. The lowest BCUT2D eigenvalue weighted by Gasteiger charge is -2.34. The number of hydrogen-bond donors (Lipinski definition) is 0. The largest absolute Gasteiger partial charge is 0.497 e. The molecule has 0 spiro atoms. The van der Waals surface area contributed by atoms with Crippen LogP contribution >= 0.6 is 0 Å². The fraction of sp³-hybridized carbons (Fsp3) is 0.440. The number of rotatable bonds is 7. The van der Waals surface area contributed by atoms with E-state index < -0.39 is 0 Å². The molecule has 2 aliphatic rings. The van der Waals surface area contributed by atoms with Crippen molar-refractivity contribution in [3.8, 4) is 5.75 Å². The maximum absolute atomic E-state index is 13.2. The van der Waals surface area contributed by atoms with Crippen LogP contribution in [0, 0.1) is 11.8 Å². The summed E-state index contributed by atoms with van der Waals surface area (Å²) in [6, 6.07) is 17.6. The summed E-state index contributed by atoms with van der Waals surface area (Å²) in [6.45, 7) is 3.14. The molecule has 2 saturated heterocycles. The van der Waals surface area contributed by atoms with E-state index in [0.717, 1.165) is 30.6 Å². The smallest absolute Gasteiger partial charge is 0.228 e. The first-order valence-corrected chi connectivity index (χ1v) is 11.0. The molecule has 2 heterocycles. The Morgan fingerprint density at radius 3 is 2.74 bits per heavy atom. The Balaban J connectivity index is 1.31. The highest BCUT2D eigenvalue weighted by molar-refractivity contribution is 6.00. The molecule has 2 amide bonds. The molecule has 0 N–H and O–H groups in total. The van der Waals surface area contributed by atoms with Crippen molar-refractivity contribution < 1.29 is 19.1 Å². The van der Waals surface area contributed by atoms with Crippen LogP contribution in [0.25, 0.3) is 0 Å². The van der Waals surface area contributed by atoms with E-state index in [1.807, 2.05) is 47.4 Å². The van der Waals surface area contributed by atoms with Crippen LogP contribution in [0.4, 0.5) is 5.69 Å². The van der Waals surface area contributed by atoms with Crippen LogP contribution in [0.2, 0.25) is 0 Å². The average molecular weight is 423 g/mol. The first kappa shape index (κ1) is 21.4. The average Bonchev–Trinajstić information content (AvgIpc) is 3.21. The summed E-state index contributed by atoms with van der Waals surface area (Å²) in [5.74, 6) is 0.836. The molecule has 6 heteroatoms. The molecule has 4 rings (SSSR count).